The molecule has 1 unspecified atom stereocenters. The van der Waals surface area contributed by atoms with Crippen molar-refractivity contribution in [1.82, 2.24) is 4.90 Å². The molecule has 1 aliphatic heterocycles. The lowest BCUT2D eigenvalue weighted by molar-refractivity contribution is -0.146. The highest BCUT2D eigenvalue weighted by molar-refractivity contribution is 5.84. The number of amides is 1. The fourth-order valence-corrected chi connectivity index (χ4v) is 0.637. The Morgan fingerprint density at radius 2 is 2.50 bits per heavy atom. The molecule has 4 nitrogen and oxygen atoms in total. The fourth-order valence-electron chi connectivity index (χ4n) is 0.637. The van der Waals surface area contributed by atoms with Gasteiger partial charge in [0.2, 0.25) is 6.41 Å². The summed E-state index contributed by atoms with van der Waals surface area (Å²) in [5.74, 6) is -0.404. The van der Waals surface area contributed by atoms with Crippen LogP contribution in [0.5, 0.6) is 0 Å². The molecule has 0 saturated heterocycles. The number of hydrogen-bond acceptors (Lipinski definition) is 3. The molecule has 0 aliphatic carbocycles. The van der Waals surface area contributed by atoms with Gasteiger partial charge in [0.1, 0.15) is 0 Å². The minimum atomic E-state index is -0.509. The molecular weight excluding hydrogens is 134 g/mol. The molecule has 1 amide bonds. The molecule has 1 aliphatic rings. The second-order valence-corrected chi connectivity index (χ2v) is 1.96. The average molecular weight is 141 g/mol. The van der Waals surface area contributed by atoms with Crippen molar-refractivity contribution in [3.8, 4) is 0 Å². The molecule has 0 bridgehead atoms. The second kappa shape index (κ2) is 2.51. The maximum Gasteiger partial charge on any atom is 0.332 e. The van der Waals surface area contributed by atoms with Gasteiger partial charge in [-0.1, -0.05) is 0 Å². The molecule has 0 N–H and O–H groups in total. The summed E-state index contributed by atoms with van der Waals surface area (Å²) in [4.78, 5) is 21.8. The topological polar surface area (TPSA) is 46.6 Å². The van der Waals surface area contributed by atoms with Crippen LogP contribution in [-0.2, 0) is 14.3 Å². The van der Waals surface area contributed by atoms with Crippen molar-refractivity contribution >= 4 is 12.4 Å². The number of likely N-dealkylation sites (N-methyl/N-ethyl adjacent to an activating group) is 1. The van der Waals surface area contributed by atoms with Crippen molar-refractivity contribution in [2.24, 2.45) is 0 Å². The van der Waals surface area contributed by atoms with Crippen LogP contribution in [-0.4, -0.2) is 30.6 Å². The van der Waals surface area contributed by atoms with E-state index in [0.29, 0.717) is 6.41 Å². The van der Waals surface area contributed by atoms with Crippen LogP contribution in [0.4, 0.5) is 0 Å². The highest BCUT2D eigenvalue weighted by Gasteiger charge is 2.19. The number of cyclic esters (lactones) is 1. The van der Waals surface area contributed by atoms with Crippen molar-refractivity contribution < 1.29 is 14.3 Å². The molecule has 1 rings (SSSR count). The smallest absolute Gasteiger partial charge is 0.332 e. The molecule has 0 fully saturated rings. The maximum atomic E-state index is 10.4. The monoisotopic (exact) mass is 141 g/mol. The summed E-state index contributed by atoms with van der Waals surface area (Å²) in [5, 5.41) is 0. The third kappa shape index (κ3) is 1.15. The Bertz CT molecular complexity index is 187. The number of ether oxygens (including phenoxy) is 1. The van der Waals surface area contributed by atoms with Gasteiger partial charge in [0.15, 0.2) is 6.23 Å². The molecular formula is C6H7NO3. The molecule has 0 aromatic rings. The van der Waals surface area contributed by atoms with Crippen LogP contribution in [0.1, 0.15) is 0 Å². The Morgan fingerprint density at radius 3 is 2.90 bits per heavy atom. The number of nitrogens with zero attached hydrogens (tertiary/aromatic N) is 1. The van der Waals surface area contributed by atoms with Crippen LogP contribution in [0, 0.1) is 0 Å². The lowest BCUT2D eigenvalue weighted by Crippen LogP contribution is -2.29. The van der Waals surface area contributed by atoms with E-state index in [0.717, 1.165) is 0 Å². The average Bonchev–Trinajstić information content (AvgIpc) is 2.34. The number of rotatable bonds is 2. The van der Waals surface area contributed by atoms with Crippen LogP contribution in [0.3, 0.4) is 0 Å². The third-order valence-electron chi connectivity index (χ3n) is 1.20. The van der Waals surface area contributed by atoms with Gasteiger partial charge < -0.3 is 9.64 Å². The Labute approximate surface area is 58.1 Å². The SMILES string of the molecule is CN(C=O)C1C=CC(=O)O1. The zero-order valence-electron chi connectivity index (χ0n) is 5.48. The first-order valence-corrected chi connectivity index (χ1v) is 2.80. The van der Waals surface area contributed by atoms with Gasteiger partial charge in [0, 0.05) is 13.1 Å². The predicted octanol–water partition coefficient (Wildman–Crippen LogP) is -0.486. The zero-order chi connectivity index (χ0) is 7.56. The molecule has 0 aromatic carbocycles. The predicted molar refractivity (Wildman–Crippen MR) is 32.8 cm³/mol. The van der Waals surface area contributed by atoms with Crippen molar-refractivity contribution in [2.45, 2.75) is 6.23 Å². The maximum absolute atomic E-state index is 10.4. The first kappa shape index (κ1) is 6.80. The summed E-state index contributed by atoms with van der Waals surface area (Å²) in [5.41, 5.74) is 0. The molecule has 0 saturated carbocycles. The fraction of sp³-hybridized carbons (Fsp3) is 0.333. The first-order valence-electron chi connectivity index (χ1n) is 2.80. The summed E-state index contributed by atoms with van der Waals surface area (Å²) in [6.45, 7) is 0. The van der Waals surface area contributed by atoms with Crippen molar-refractivity contribution in [3.05, 3.63) is 12.2 Å². The molecule has 0 aromatic heterocycles. The third-order valence-corrected chi connectivity index (χ3v) is 1.20. The summed E-state index contributed by atoms with van der Waals surface area (Å²) in [7, 11) is 1.54. The van der Waals surface area contributed by atoms with E-state index in [9.17, 15) is 9.59 Å². The van der Waals surface area contributed by atoms with Gasteiger partial charge in [0.05, 0.1) is 0 Å². The van der Waals surface area contributed by atoms with Crippen molar-refractivity contribution in [1.29, 1.82) is 0 Å². The van der Waals surface area contributed by atoms with E-state index in [1.165, 1.54) is 17.1 Å². The van der Waals surface area contributed by atoms with Crippen molar-refractivity contribution in [3.63, 3.8) is 0 Å². The van der Waals surface area contributed by atoms with Gasteiger partial charge in [-0.15, -0.1) is 0 Å². The van der Waals surface area contributed by atoms with Crippen LogP contribution < -0.4 is 0 Å². The summed E-state index contributed by atoms with van der Waals surface area (Å²) >= 11 is 0. The van der Waals surface area contributed by atoms with Gasteiger partial charge in [0.25, 0.3) is 0 Å². The van der Waals surface area contributed by atoms with E-state index < -0.39 is 12.2 Å². The van der Waals surface area contributed by atoms with E-state index in [1.54, 1.807) is 7.05 Å². The number of esters is 1. The Kier molecular flexibility index (Phi) is 1.71. The number of carbonyl (C=O) groups excluding carboxylic acids is 2. The van der Waals surface area contributed by atoms with E-state index in [-0.39, 0.29) is 0 Å². The molecule has 10 heavy (non-hydrogen) atoms. The van der Waals surface area contributed by atoms with Gasteiger partial charge in [-0.3, -0.25) is 4.79 Å². The summed E-state index contributed by atoms with van der Waals surface area (Å²) in [6, 6.07) is 0. The molecule has 4 heteroatoms. The Balaban J connectivity index is 2.53. The zero-order valence-corrected chi connectivity index (χ0v) is 5.48. The summed E-state index contributed by atoms with van der Waals surface area (Å²) in [6.07, 6.45) is 2.92. The van der Waals surface area contributed by atoms with Gasteiger partial charge in [-0.2, -0.15) is 0 Å². The quantitative estimate of drug-likeness (QED) is 0.385. The van der Waals surface area contributed by atoms with Gasteiger partial charge in [-0.25, -0.2) is 4.79 Å². The van der Waals surface area contributed by atoms with E-state index in [1.807, 2.05) is 0 Å². The minimum absolute atomic E-state index is 0.404. The van der Waals surface area contributed by atoms with E-state index in [4.69, 9.17) is 0 Å². The molecule has 0 spiro atoms. The highest BCUT2D eigenvalue weighted by atomic mass is 16.6. The second-order valence-electron chi connectivity index (χ2n) is 1.96. The van der Waals surface area contributed by atoms with Crippen LogP contribution >= 0.6 is 0 Å². The van der Waals surface area contributed by atoms with Gasteiger partial charge >= 0.3 is 5.97 Å². The van der Waals surface area contributed by atoms with E-state index in [2.05, 4.69) is 4.74 Å². The largest absolute Gasteiger partial charge is 0.435 e. The lowest BCUT2D eigenvalue weighted by atomic mass is 10.5. The van der Waals surface area contributed by atoms with Crippen molar-refractivity contribution in [2.75, 3.05) is 7.05 Å². The molecule has 54 valence electrons. The molecule has 1 atom stereocenters. The van der Waals surface area contributed by atoms with E-state index >= 15 is 0 Å². The lowest BCUT2D eigenvalue weighted by Gasteiger charge is -2.15. The normalized spacial score (nSPS) is 22.5. The standard InChI is InChI=1S/C6H7NO3/c1-7(4-8)5-2-3-6(9)10-5/h2-5H,1H3. The van der Waals surface area contributed by atoms with Crippen LogP contribution in [0.25, 0.3) is 0 Å². The Morgan fingerprint density at radius 1 is 1.80 bits per heavy atom. The van der Waals surface area contributed by atoms with Gasteiger partial charge in [-0.05, 0) is 6.08 Å². The highest BCUT2D eigenvalue weighted by Crippen LogP contribution is 2.06. The van der Waals surface area contributed by atoms with Crippen LogP contribution in [0.2, 0.25) is 0 Å². The molecule has 1 heterocycles. The number of hydrogen-bond donors (Lipinski definition) is 0. The van der Waals surface area contributed by atoms with Crippen LogP contribution in [0.15, 0.2) is 12.2 Å². The minimum Gasteiger partial charge on any atom is -0.435 e. The summed E-state index contributed by atoms with van der Waals surface area (Å²) < 4.78 is 4.66. The number of carbonyl (C=O) groups is 2. The Hall–Kier alpha value is -1.32. The molecule has 0 radical (unpaired) electrons. The first-order chi connectivity index (χ1) is 4.74.